The highest BCUT2D eigenvalue weighted by Crippen LogP contribution is 2.10. The Balaban J connectivity index is 0.000000187. The first-order chi connectivity index (χ1) is 7.29. The molecule has 0 aromatic carbocycles. The summed E-state index contributed by atoms with van der Waals surface area (Å²) < 4.78 is 0. The summed E-state index contributed by atoms with van der Waals surface area (Å²) in [5, 5.41) is 8.24. The fraction of sp³-hybridized carbons (Fsp3) is 0.154. The van der Waals surface area contributed by atoms with Gasteiger partial charge < -0.3 is 5.11 Å². The second-order valence-corrected chi connectivity index (χ2v) is 3.14. The van der Waals surface area contributed by atoms with Crippen molar-refractivity contribution >= 4 is 5.97 Å². The third-order valence-corrected chi connectivity index (χ3v) is 1.90. The average molecular weight is 202 g/mol. The van der Waals surface area contributed by atoms with E-state index < -0.39 is 5.97 Å². The normalized spacial score (nSPS) is 16.7. The van der Waals surface area contributed by atoms with Crippen molar-refractivity contribution in [3.05, 3.63) is 60.3 Å². The van der Waals surface area contributed by atoms with Gasteiger partial charge in [0.2, 0.25) is 0 Å². The van der Waals surface area contributed by atoms with Gasteiger partial charge in [0.15, 0.2) is 0 Å². The molecule has 78 valence electrons. The predicted octanol–water partition coefficient (Wildman–Crippen LogP) is 3.02. The minimum atomic E-state index is -0.896. The second-order valence-electron chi connectivity index (χ2n) is 3.14. The molecule has 15 heavy (non-hydrogen) atoms. The van der Waals surface area contributed by atoms with E-state index in [0.29, 0.717) is 0 Å². The number of hydrogen-bond donors (Lipinski definition) is 1. The third-order valence-electron chi connectivity index (χ3n) is 1.90. The van der Waals surface area contributed by atoms with Gasteiger partial charge >= 0.3 is 5.97 Å². The molecule has 2 aliphatic carbocycles. The summed E-state index contributed by atoms with van der Waals surface area (Å²) in [6.45, 7) is 0. The summed E-state index contributed by atoms with van der Waals surface area (Å²) in [6.07, 6.45) is 18.9. The van der Waals surface area contributed by atoms with E-state index in [-0.39, 0.29) is 0 Å². The lowest BCUT2D eigenvalue weighted by Crippen LogP contribution is -1.85. The zero-order valence-electron chi connectivity index (χ0n) is 8.47. The number of aliphatic carboxylic acids is 1. The van der Waals surface area contributed by atoms with Gasteiger partial charge in [0.05, 0.1) is 0 Å². The van der Waals surface area contributed by atoms with E-state index in [9.17, 15) is 4.79 Å². The molecule has 2 rings (SSSR count). The Morgan fingerprint density at radius 1 is 1.20 bits per heavy atom. The summed E-state index contributed by atoms with van der Waals surface area (Å²) in [5.41, 5.74) is 1.04. The van der Waals surface area contributed by atoms with Crippen molar-refractivity contribution in [3.63, 3.8) is 0 Å². The van der Waals surface area contributed by atoms with Crippen molar-refractivity contribution in [2.45, 2.75) is 12.8 Å². The molecule has 0 aromatic rings. The fourth-order valence-electron chi connectivity index (χ4n) is 1.16. The Bertz CT molecular complexity index is 345. The van der Waals surface area contributed by atoms with Gasteiger partial charge in [-0.05, 0) is 18.4 Å². The molecular weight excluding hydrogens is 188 g/mol. The van der Waals surface area contributed by atoms with Crippen LogP contribution in [0.3, 0.4) is 0 Å². The van der Waals surface area contributed by atoms with Crippen molar-refractivity contribution in [2.24, 2.45) is 0 Å². The maximum absolute atomic E-state index is 10.0. The minimum Gasteiger partial charge on any atom is -0.478 e. The van der Waals surface area contributed by atoms with Gasteiger partial charge in [0.25, 0.3) is 0 Å². The molecule has 0 saturated carbocycles. The van der Waals surface area contributed by atoms with Gasteiger partial charge in [0.1, 0.15) is 0 Å². The molecule has 0 radical (unpaired) electrons. The Kier molecular flexibility index (Phi) is 4.95. The van der Waals surface area contributed by atoms with Crippen LogP contribution < -0.4 is 0 Å². The zero-order chi connectivity index (χ0) is 10.9. The SMILES string of the molecule is C1=CCC=C1.O=C(O)C=CC1=CC=CC1. The topological polar surface area (TPSA) is 37.3 Å². The summed E-state index contributed by atoms with van der Waals surface area (Å²) >= 11 is 0. The molecule has 0 atom stereocenters. The first-order valence-electron chi connectivity index (χ1n) is 4.87. The molecule has 0 aromatic heterocycles. The lowest BCUT2D eigenvalue weighted by Gasteiger charge is -1.86. The highest BCUT2D eigenvalue weighted by Gasteiger charge is 1.93. The largest absolute Gasteiger partial charge is 0.478 e. The van der Waals surface area contributed by atoms with Crippen LogP contribution in [0.1, 0.15) is 12.8 Å². The van der Waals surface area contributed by atoms with E-state index in [2.05, 4.69) is 24.3 Å². The number of allylic oxidation sites excluding steroid dienone is 9. The van der Waals surface area contributed by atoms with Crippen molar-refractivity contribution in [3.8, 4) is 0 Å². The highest BCUT2D eigenvalue weighted by atomic mass is 16.4. The van der Waals surface area contributed by atoms with Crippen LogP contribution in [0, 0.1) is 0 Å². The van der Waals surface area contributed by atoms with E-state index in [1.165, 1.54) is 0 Å². The molecule has 0 saturated heterocycles. The number of carboxylic acids is 1. The van der Waals surface area contributed by atoms with E-state index >= 15 is 0 Å². The van der Waals surface area contributed by atoms with Crippen molar-refractivity contribution in [1.29, 1.82) is 0 Å². The van der Waals surface area contributed by atoms with Gasteiger partial charge in [0, 0.05) is 6.08 Å². The van der Waals surface area contributed by atoms with Crippen molar-refractivity contribution < 1.29 is 9.90 Å². The Hall–Kier alpha value is -1.83. The van der Waals surface area contributed by atoms with Crippen LogP contribution in [0.25, 0.3) is 0 Å². The maximum Gasteiger partial charge on any atom is 0.328 e. The van der Waals surface area contributed by atoms with E-state index in [1.54, 1.807) is 6.08 Å². The molecule has 2 nitrogen and oxygen atoms in total. The fourth-order valence-corrected chi connectivity index (χ4v) is 1.16. The van der Waals surface area contributed by atoms with Crippen LogP contribution in [0.15, 0.2) is 60.3 Å². The van der Waals surface area contributed by atoms with Crippen LogP contribution in [0.4, 0.5) is 0 Å². The number of hydrogen-bond acceptors (Lipinski definition) is 1. The smallest absolute Gasteiger partial charge is 0.328 e. The molecule has 2 heteroatoms. The van der Waals surface area contributed by atoms with Gasteiger partial charge in [-0.2, -0.15) is 0 Å². The van der Waals surface area contributed by atoms with Crippen LogP contribution >= 0.6 is 0 Å². The first-order valence-corrected chi connectivity index (χ1v) is 4.87. The summed E-state index contributed by atoms with van der Waals surface area (Å²) in [5.74, 6) is -0.896. The maximum atomic E-state index is 10.0. The molecule has 0 spiro atoms. The molecule has 0 heterocycles. The lowest BCUT2D eigenvalue weighted by molar-refractivity contribution is -0.131. The van der Waals surface area contributed by atoms with Crippen LogP contribution in [0.5, 0.6) is 0 Å². The number of rotatable bonds is 2. The zero-order valence-corrected chi connectivity index (χ0v) is 8.47. The monoisotopic (exact) mass is 202 g/mol. The van der Waals surface area contributed by atoms with Gasteiger partial charge in [-0.3, -0.25) is 0 Å². The van der Waals surface area contributed by atoms with Crippen molar-refractivity contribution in [2.75, 3.05) is 0 Å². The van der Waals surface area contributed by atoms with Gasteiger partial charge in [-0.25, -0.2) is 4.79 Å². The van der Waals surface area contributed by atoms with Crippen LogP contribution in [-0.2, 0) is 4.79 Å². The molecule has 0 unspecified atom stereocenters. The summed E-state index contributed by atoms with van der Waals surface area (Å²) in [6, 6.07) is 0. The molecule has 0 amide bonds. The van der Waals surface area contributed by atoms with E-state index in [4.69, 9.17) is 5.11 Å². The van der Waals surface area contributed by atoms with Gasteiger partial charge in [-0.15, -0.1) is 0 Å². The Morgan fingerprint density at radius 3 is 2.33 bits per heavy atom. The van der Waals surface area contributed by atoms with Crippen LogP contribution in [0.2, 0.25) is 0 Å². The second kappa shape index (κ2) is 6.60. The standard InChI is InChI=1S/C8H8O2.C5H6/c9-8(10)6-5-7-3-1-2-4-7;1-2-4-5-3-1/h1-3,5-6H,4H2,(H,9,10);1-4H,5H2. The van der Waals surface area contributed by atoms with E-state index in [0.717, 1.165) is 24.5 Å². The summed E-state index contributed by atoms with van der Waals surface area (Å²) in [7, 11) is 0. The molecular formula is C13H14O2. The molecule has 1 N–H and O–H groups in total. The van der Waals surface area contributed by atoms with Crippen LogP contribution in [-0.4, -0.2) is 11.1 Å². The average Bonchev–Trinajstić information content (AvgIpc) is 2.91. The van der Waals surface area contributed by atoms with E-state index in [1.807, 2.05) is 18.2 Å². The quantitative estimate of drug-likeness (QED) is 0.699. The predicted molar refractivity (Wildman–Crippen MR) is 61.5 cm³/mol. The molecule has 0 bridgehead atoms. The minimum absolute atomic E-state index is 0.851. The molecule has 0 fully saturated rings. The van der Waals surface area contributed by atoms with Crippen molar-refractivity contribution in [1.82, 2.24) is 0 Å². The Labute approximate surface area is 89.6 Å². The number of carboxylic acid groups (broad SMARTS) is 1. The lowest BCUT2D eigenvalue weighted by atomic mass is 10.2. The number of carbonyl (C=O) groups is 1. The molecule has 0 aliphatic heterocycles. The molecule has 2 aliphatic rings. The highest BCUT2D eigenvalue weighted by molar-refractivity contribution is 5.80. The Morgan fingerprint density at radius 2 is 1.93 bits per heavy atom. The van der Waals surface area contributed by atoms with Gasteiger partial charge in [-0.1, -0.05) is 48.6 Å². The first kappa shape index (κ1) is 11.2. The third kappa shape index (κ3) is 5.47. The summed E-state index contributed by atoms with van der Waals surface area (Å²) in [4.78, 5) is 10.0.